The summed E-state index contributed by atoms with van der Waals surface area (Å²) in [5.74, 6) is 0. The molecule has 0 heterocycles. The lowest BCUT2D eigenvalue weighted by Gasteiger charge is -2.15. The fraction of sp³-hybridized carbons (Fsp3) is 0.200. The van der Waals surface area contributed by atoms with Crippen LogP contribution in [0.3, 0.4) is 0 Å². The van der Waals surface area contributed by atoms with Crippen molar-refractivity contribution in [1.82, 2.24) is 0 Å². The third-order valence-corrected chi connectivity index (χ3v) is 1.87. The van der Waals surface area contributed by atoms with Crippen LogP contribution in [0.15, 0.2) is 25.7 Å². The first-order chi connectivity index (χ1) is 5.83. The van der Waals surface area contributed by atoms with E-state index in [2.05, 4.69) is 26.7 Å². The second kappa shape index (κ2) is 4.34. The standard InChI is InChI=1S/C5H6F3O4P/c1-3-10-13(9,11-4-2)12-5(6,7)8/h3-4H,1-2H2. The molecule has 0 saturated heterocycles. The Balaban J connectivity index is 4.50. The Morgan fingerprint density at radius 2 is 1.54 bits per heavy atom. The molecule has 0 spiro atoms. The molecule has 0 aromatic carbocycles. The molecule has 0 fully saturated rings. The van der Waals surface area contributed by atoms with Gasteiger partial charge in [0.1, 0.15) is 0 Å². The van der Waals surface area contributed by atoms with E-state index in [1.165, 1.54) is 0 Å². The van der Waals surface area contributed by atoms with Gasteiger partial charge in [0.25, 0.3) is 0 Å². The van der Waals surface area contributed by atoms with Gasteiger partial charge >= 0.3 is 14.2 Å². The Morgan fingerprint density at radius 3 is 1.77 bits per heavy atom. The summed E-state index contributed by atoms with van der Waals surface area (Å²) in [5.41, 5.74) is 0. The lowest BCUT2D eigenvalue weighted by atomic mass is 11.2. The smallest absolute Gasteiger partial charge is 0.404 e. The lowest BCUT2D eigenvalue weighted by molar-refractivity contribution is -0.282. The number of phosphoric ester groups is 1. The van der Waals surface area contributed by atoms with Gasteiger partial charge < -0.3 is 9.05 Å². The second-order valence-corrected chi connectivity index (χ2v) is 3.03. The molecule has 0 rings (SSSR count). The molecule has 0 aliphatic carbocycles. The zero-order valence-electron chi connectivity index (χ0n) is 6.28. The SMILES string of the molecule is C=COP(=O)(OC=C)OC(F)(F)F. The van der Waals surface area contributed by atoms with Crippen LogP contribution in [0.5, 0.6) is 0 Å². The van der Waals surface area contributed by atoms with Crippen molar-refractivity contribution >= 4 is 7.82 Å². The molecule has 76 valence electrons. The number of hydrogen-bond donors (Lipinski definition) is 0. The van der Waals surface area contributed by atoms with Gasteiger partial charge in [0.2, 0.25) is 0 Å². The number of halogens is 3. The van der Waals surface area contributed by atoms with Gasteiger partial charge in [-0.2, -0.15) is 4.52 Å². The summed E-state index contributed by atoms with van der Waals surface area (Å²) in [6, 6.07) is 0. The van der Waals surface area contributed by atoms with E-state index in [1.807, 2.05) is 0 Å². The number of alkyl halides is 3. The maximum absolute atomic E-state index is 11.6. The predicted octanol–water partition coefficient (Wildman–Crippen LogP) is 2.95. The van der Waals surface area contributed by atoms with Crippen molar-refractivity contribution in [1.29, 1.82) is 0 Å². The number of hydrogen-bond acceptors (Lipinski definition) is 4. The molecule has 0 amide bonds. The first kappa shape index (κ1) is 12.1. The summed E-state index contributed by atoms with van der Waals surface area (Å²) in [4.78, 5) is 0. The molecule has 0 aliphatic heterocycles. The van der Waals surface area contributed by atoms with E-state index in [1.54, 1.807) is 0 Å². The van der Waals surface area contributed by atoms with Gasteiger partial charge in [0.15, 0.2) is 0 Å². The van der Waals surface area contributed by atoms with E-state index in [-0.39, 0.29) is 0 Å². The Kier molecular flexibility index (Phi) is 4.03. The summed E-state index contributed by atoms with van der Waals surface area (Å²) in [6.45, 7) is 5.80. The van der Waals surface area contributed by atoms with Gasteiger partial charge in [0.05, 0.1) is 12.5 Å². The second-order valence-electron chi connectivity index (χ2n) is 1.53. The monoisotopic (exact) mass is 218 g/mol. The topological polar surface area (TPSA) is 44.8 Å². The fourth-order valence-corrected chi connectivity index (χ4v) is 1.13. The van der Waals surface area contributed by atoms with E-state index in [9.17, 15) is 17.7 Å². The van der Waals surface area contributed by atoms with Crippen LogP contribution in [0.25, 0.3) is 0 Å². The van der Waals surface area contributed by atoms with Crippen molar-refractivity contribution in [2.45, 2.75) is 6.36 Å². The highest BCUT2D eigenvalue weighted by molar-refractivity contribution is 7.48. The van der Waals surface area contributed by atoms with Gasteiger partial charge in [-0.1, -0.05) is 13.2 Å². The van der Waals surface area contributed by atoms with Crippen LogP contribution in [0, 0.1) is 0 Å². The van der Waals surface area contributed by atoms with Crippen LogP contribution in [0.1, 0.15) is 0 Å². The summed E-state index contributed by atoms with van der Waals surface area (Å²) >= 11 is 0. The molecule has 0 saturated carbocycles. The van der Waals surface area contributed by atoms with Crippen LogP contribution < -0.4 is 0 Å². The van der Waals surface area contributed by atoms with Crippen LogP contribution in [0.2, 0.25) is 0 Å². The van der Waals surface area contributed by atoms with Gasteiger partial charge in [-0.25, -0.2) is 4.57 Å². The Morgan fingerprint density at radius 1 is 1.15 bits per heavy atom. The van der Waals surface area contributed by atoms with Gasteiger partial charge in [0, 0.05) is 0 Å². The van der Waals surface area contributed by atoms with Crippen LogP contribution in [-0.4, -0.2) is 6.36 Å². The Hall–Kier alpha value is -0.940. The van der Waals surface area contributed by atoms with E-state index in [0.717, 1.165) is 0 Å². The van der Waals surface area contributed by atoms with Gasteiger partial charge in [-0.15, -0.1) is 13.2 Å². The zero-order valence-corrected chi connectivity index (χ0v) is 7.18. The van der Waals surface area contributed by atoms with E-state index >= 15 is 0 Å². The number of phosphoric acid groups is 1. The Bertz CT molecular complexity index is 222. The molecule has 4 nitrogen and oxygen atoms in total. The molecule has 0 bridgehead atoms. The highest BCUT2D eigenvalue weighted by atomic mass is 31.2. The highest BCUT2D eigenvalue weighted by Crippen LogP contribution is 2.54. The van der Waals surface area contributed by atoms with Crippen LogP contribution in [0.4, 0.5) is 13.2 Å². The molecule has 0 aliphatic rings. The molecule has 0 unspecified atom stereocenters. The first-order valence-electron chi connectivity index (χ1n) is 2.79. The minimum atomic E-state index is -5.12. The Labute approximate surface area is 72.2 Å². The largest absolute Gasteiger partial charge is 0.593 e. The van der Waals surface area contributed by atoms with E-state index < -0.39 is 14.2 Å². The molecule has 0 atom stereocenters. The zero-order chi connectivity index (χ0) is 10.5. The summed E-state index contributed by atoms with van der Waals surface area (Å²) in [5, 5.41) is 0. The summed E-state index contributed by atoms with van der Waals surface area (Å²) < 4.78 is 56.6. The van der Waals surface area contributed by atoms with Crippen molar-refractivity contribution < 1.29 is 31.3 Å². The van der Waals surface area contributed by atoms with Crippen molar-refractivity contribution in [2.75, 3.05) is 0 Å². The average Bonchev–Trinajstić information content (AvgIpc) is 1.82. The van der Waals surface area contributed by atoms with Crippen molar-refractivity contribution in [3.05, 3.63) is 25.7 Å². The summed E-state index contributed by atoms with van der Waals surface area (Å²) in [6.07, 6.45) is -4.10. The molecule has 0 aromatic rings. The molecule has 8 heteroatoms. The van der Waals surface area contributed by atoms with Gasteiger partial charge in [-0.05, 0) is 0 Å². The molecule has 0 N–H and O–H groups in total. The van der Waals surface area contributed by atoms with Crippen molar-refractivity contribution in [3.63, 3.8) is 0 Å². The molecular weight excluding hydrogens is 212 g/mol. The number of rotatable bonds is 5. The minimum absolute atomic E-state index is 0.510. The quantitative estimate of drug-likeness (QED) is 0.525. The van der Waals surface area contributed by atoms with E-state index in [0.29, 0.717) is 12.5 Å². The average molecular weight is 218 g/mol. The molecule has 0 radical (unpaired) electrons. The predicted molar refractivity (Wildman–Crippen MR) is 37.3 cm³/mol. The maximum Gasteiger partial charge on any atom is 0.593 e. The fourth-order valence-electron chi connectivity index (χ4n) is 0.377. The third kappa shape index (κ3) is 5.32. The van der Waals surface area contributed by atoms with Crippen molar-refractivity contribution in [3.8, 4) is 0 Å². The molecular formula is C5H6F3O4P. The molecule has 13 heavy (non-hydrogen) atoms. The van der Waals surface area contributed by atoms with Gasteiger partial charge in [-0.3, -0.25) is 0 Å². The molecule has 0 aromatic heterocycles. The normalized spacial score (nSPS) is 11.9. The minimum Gasteiger partial charge on any atom is -0.404 e. The third-order valence-electron chi connectivity index (χ3n) is 0.623. The van der Waals surface area contributed by atoms with Crippen molar-refractivity contribution in [2.24, 2.45) is 0 Å². The van der Waals surface area contributed by atoms with Crippen LogP contribution >= 0.6 is 7.82 Å². The maximum atomic E-state index is 11.6. The lowest BCUT2D eigenvalue weighted by Crippen LogP contribution is -2.12. The van der Waals surface area contributed by atoms with Crippen LogP contribution in [-0.2, 0) is 18.1 Å². The first-order valence-corrected chi connectivity index (χ1v) is 4.25. The highest BCUT2D eigenvalue weighted by Gasteiger charge is 2.44. The summed E-state index contributed by atoms with van der Waals surface area (Å²) in [7, 11) is -4.70. The van der Waals surface area contributed by atoms with E-state index in [4.69, 9.17) is 0 Å².